The molecule has 6 heteroatoms. The summed E-state index contributed by atoms with van der Waals surface area (Å²) in [5.74, 6) is 0.441. The van der Waals surface area contributed by atoms with Crippen molar-refractivity contribution in [1.82, 2.24) is 10.1 Å². The van der Waals surface area contributed by atoms with Crippen LogP contribution in [-0.2, 0) is 11.3 Å². The normalized spacial score (nSPS) is 14.1. The zero-order valence-electron chi connectivity index (χ0n) is 15.8. The van der Waals surface area contributed by atoms with Crippen LogP contribution in [0.25, 0.3) is 10.8 Å². The SMILES string of the molecule is Cc1noc(C)c1CN(C)C(=O)[C@@H](C)N1C(=O)c2cccc3cccc1c23. The summed E-state index contributed by atoms with van der Waals surface area (Å²) in [4.78, 5) is 29.3. The first kappa shape index (κ1) is 17.3. The van der Waals surface area contributed by atoms with Crippen LogP contribution in [0.15, 0.2) is 40.9 Å². The Labute approximate surface area is 157 Å². The molecule has 2 heterocycles. The first-order valence-electron chi connectivity index (χ1n) is 8.92. The number of carbonyl (C=O) groups is 2. The highest BCUT2D eigenvalue weighted by molar-refractivity contribution is 6.26. The molecule has 0 N–H and O–H groups in total. The van der Waals surface area contributed by atoms with Crippen LogP contribution in [0, 0.1) is 13.8 Å². The molecule has 0 unspecified atom stereocenters. The maximum absolute atomic E-state index is 13.1. The fraction of sp³-hybridized carbons (Fsp3) is 0.286. The number of rotatable bonds is 4. The second-order valence-electron chi connectivity index (χ2n) is 7.03. The predicted molar refractivity (Wildman–Crippen MR) is 103 cm³/mol. The Morgan fingerprint density at radius 3 is 2.59 bits per heavy atom. The van der Waals surface area contributed by atoms with Crippen molar-refractivity contribution in [2.24, 2.45) is 0 Å². The number of nitrogens with zero attached hydrogens (tertiary/aromatic N) is 3. The highest BCUT2D eigenvalue weighted by atomic mass is 16.5. The molecule has 2 amide bonds. The molecule has 2 aromatic carbocycles. The molecular formula is C21H21N3O3. The standard InChI is InChI=1S/C21H21N3O3/c1-12-17(14(3)27-22-12)11-23(4)20(25)13(2)24-18-10-6-8-15-7-5-9-16(19(15)18)21(24)26/h5-10,13H,11H2,1-4H3/t13-/m1/s1. The van der Waals surface area contributed by atoms with E-state index in [1.807, 2.05) is 50.2 Å². The molecule has 3 aromatic rings. The third-order valence-corrected chi connectivity index (χ3v) is 5.29. The van der Waals surface area contributed by atoms with Crippen LogP contribution in [0.3, 0.4) is 0 Å². The lowest BCUT2D eigenvalue weighted by Gasteiger charge is -2.28. The van der Waals surface area contributed by atoms with Gasteiger partial charge >= 0.3 is 0 Å². The van der Waals surface area contributed by atoms with Crippen molar-refractivity contribution in [2.75, 3.05) is 11.9 Å². The molecule has 4 rings (SSSR count). The maximum atomic E-state index is 13.1. The molecule has 0 saturated heterocycles. The van der Waals surface area contributed by atoms with Gasteiger partial charge in [0.05, 0.1) is 17.9 Å². The number of hydrogen-bond donors (Lipinski definition) is 0. The minimum atomic E-state index is -0.610. The Morgan fingerprint density at radius 2 is 1.93 bits per heavy atom. The van der Waals surface area contributed by atoms with Crippen LogP contribution in [-0.4, -0.2) is 35.0 Å². The maximum Gasteiger partial charge on any atom is 0.259 e. The molecule has 1 aliphatic heterocycles. The van der Waals surface area contributed by atoms with Crippen molar-refractivity contribution < 1.29 is 14.1 Å². The summed E-state index contributed by atoms with van der Waals surface area (Å²) in [6.07, 6.45) is 0. The number of carbonyl (C=O) groups excluding carboxylic acids is 2. The highest BCUT2D eigenvalue weighted by Gasteiger charge is 2.36. The smallest absolute Gasteiger partial charge is 0.259 e. The van der Waals surface area contributed by atoms with Crippen molar-refractivity contribution in [3.63, 3.8) is 0 Å². The van der Waals surface area contributed by atoms with Gasteiger partial charge in [-0.3, -0.25) is 14.5 Å². The first-order valence-corrected chi connectivity index (χ1v) is 8.92. The van der Waals surface area contributed by atoms with E-state index in [2.05, 4.69) is 5.16 Å². The van der Waals surface area contributed by atoms with Crippen LogP contribution in [0.1, 0.15) is 34.3 Å². The van der Waals surface area contributed by atoms with Gasteiger partial charge in [-0.1, -0.05) is 29.4 Å². The van der Waals surface area contributed by atoms with E-state index in [4.69, 9.17) is 4.52 Å². The lowest BCUT2D eigenvalue weighted by atomic mass is 10.1. The van der Waals surface area contributed by atoms with Gasteiger partial charge in [0.15, 0.2) is 0 Å². The van der Waals surface area contributed by atoms with Crippen LogP contribution < -0.4 is 4.90 Å². The number of hydrogen-bond acceptors (Lipinski definition) is 4. The second kappa shape index (κ2) is 6.23. The quantitative estimate of drug-likeness (QED) is 0.712. The summed E-state index contributed by atoms with van der Waals surface area (Å²) >= 11 is 0. The van der Waals surface area contributed by atoms with Gasteiger partial charge < -0.3 is 9.42 Å². The molecule has 1 atom stereocenters. The molecule has 0 radical (unpaired) electrons. The van der Waals surface area contributed by atoms with Gasteiger partial charge in [-0.05, 0) is 38.3 Å². The molecule has 0 bridgehead atoms. The first-order chi connectivity index (χ1) is 12.9. The second-order valence-corrected chi connectivity index (χ2v) is 7.03. The van der Waals surface area contributed by atoms with Gasteiger partial charge in [0.25, 0.3) is 5.91 Å². The summed E-state index contributed by atoms with van der Waals surface area (Å²) < 4.78 is 5.18. The van der Waals surface area contributed by atoms with E-state index in [1.165, 1.54) is 0 Å². The van der Waals surface area contributed by atoms with E-state index >= 15 is 0 Å². The average Bonchev–Trinajstić information content (AvgIpc) is 3.13. The van der Waals surface area contributed by atoms with Crippen molar-refractivity contribution in [1.29, 1.82) is 0 Å². The molecule has 27 heavy (non-hydrogen) atoms. The van der Waals surface area contributed by atoms with Crippen LogP contribution in [0.2, 0.25) is 0 Å². The van der Waals surface area contributed by atoms with Gasteiger partial charge in [0.2, 0.25) is 5.91 Å². The molecule has 0 fully saturated rings. The summed E-state index contributed by atoms with van der Waals surface area (Å²) in [5.41, 5.74) is 3.11. The van der Waals surface area contributed by atoms with Crippen molar-refractivity contribution in [2.45, 2.75) is 33.4 Å². The molecule has 1 aromatic heterocycles. The molecule has 138 valence electrons. The van der Waals surface area contributed by atoms with Gasteiger partial charge in [-0.15, -0.1) is 0 Å². The number of aryl methyl sites for hydroxylation is 2. The zero-order valence-corrected chi connectivity index (χ0v) is 15.8. The van der Waals surface area contributed by atoms with E-state index in [0.717, 1.165) is 27.7 Å². The summed E-state index contributed by atoms with van der Waals surface area (Å²) in [5, 5.41) is 5.86. The molecule has 0 aliphatic carbocycles. The number of benzene rings is 2. The predicted octanol–water partition coefficient (Wildman–Crippen LogP) is 3.45. The lowest BCUT2D eigenvalue weighted by molar-refractivity contribution is -0.131. The van der Waals surface area contributed by atoms with E-state index in [-0.39, 0.29) is 11.8 Å². The van der Waals surface area contributed by atoms with E-state index in [1.54, 1.807) is 23.8 Å². The summed E-state index contributed by atoms with van der Waals surface area (Å²) in [6.45, 7) is 5.85. The molecule has 0 saturated carbocycles. The van der Waals surface area contributed by atoms with Gasteiger partial charge in [-0.2, -0.15) is 0 Å². The molecule has 6 nitrogen and oxygen atoms in total. The minimum Gasteiger partial charge on any atom is -0.361 e. The monoisotopic (exact) mass is 363 g/mol. The van der Waals surface area contributed by atoms with E-state index < -0.39 is 6.04 Å². The van der Waals surface area contributed by atoms with Gasteiger partial charge in [0, 0.05) is 23.6 Å². The Balaban J connectivity index is 1.63. The van der Waals surface area contributed by atoms with Crippen molar-refractivity contribution in [3.05, 3.63) is 59.0 Å². The largest absolute Gasteiger partial charge is 0.361 e. The van der Waals surface area contributed by atoms with Crippen LogP contribution >= 0.6 is 0 Å². The zero-order chi connectivity index (χ0) is 19.3. The van der Waals surface area contributed by atoms with E-state index in [9.17, 15) is 9.59 Å². The van der Waals surface area contributed by atoms with Crippen molar-refractivity contribution in [3.8, 4) is 0 Å². The topological polar surface area (TPSA) is 66.7 Å². The third kappa shape index (κ3) is 2.60. The number of amides is 2. The minimum absolute atomic E-state index is 0.131. The van der Waals surface area contributed by atoms with Gasteiger partial charge in [0.1, 0.15) is 11.8 Å². The number of aromatic nitrogens is 1. The Kier molecular flexibility index (Phi) is 3.98. The van der Waals surface area contributed by atoms with Crippen molar-refractivity contribution >= 4 is 28.3 Å². The summed E-state index contributed by atoms with van der Waals surface area (Å²) in [6, 6.07) is 10.9. The Morgan fingerprint density at radius 1 is 1.22 bits per heavy atom. The lowest BCUT2D eigenvalue weighted by Crippen LogP contribution is -2.47. The van der Waals surface area contributed by atoms with E-state index in [0.29, 0.717) is 17.9 Å². The van der Waals surface area contributed by atoms with Crippen LogP contribution in [0.5, 0.6) is 0 Å². The third-order valence-electron chi connectivity index (χ3n) is 5.29. The fourth-order valence-electron chi connectivity index (χ4n) is 3.80. The molecular weight excluding hydrogens is 342 g/mol. The molecule has 1 aliphatic rings. The highest BCUT2D eigenvalue weighted by Crippen LogP contribution is 2.38. The molecule has 0 spiro atoms. The number of likely N-dealkylation sites (N-methyl/N-ethyl adjacent to an activating group) is 1. The van der Waals surface area contributed by atoms with Gasteiger partial charge in [-0.25, -0.2) is 0 Å². The Hall–Kier alpha value is -3.15. The van der Waals surface area contributed by atoms with Crippen LogP contribution in [0.4, 0.5) is 5.69 Å². The fourth-order valence-corrected chi connectivity index (χ4v) is 3.80. The Bertz CT molecular complexity index is 1040. The summed E-state index contributed by atoms with van der Waals surface area (Å²) in [7, 11) is 1.74. The number of anilines is 1. The average molecular weight is 363 g/mol.